The third-order valence-electron chi connectivity index (χ3n) is 3.73. The molecule has 0 bridgehead atoms. The number of aryl methyl sites for hydroxylation is 1. The minimum atomic E-state index is 0.277. The van der Waals surface area contributed by atoms with E-state index in [0.717, 1.165) is 22.4 Å². The molecule has 0 radical (unpaired) electrons. The second-order valence-electron chi connectivity index (χ2n) is 5.72. The summed E-state index contributed by atoms with van der Waals surface area (Å²) in [5.41, 5.74) is 3.62. The molecule has 0 aliphatic rings. The first-order chi connectivity index (χ1) is 11.0. The predicted molar refractivity (Wildman–Crippen MR) is 93.7 cm³/mol. The third kappa shape index (κ3) is 3.83. The van der Waals surface area contributed by atoms with Gasteiger partial charge in [-0.1, -0.05) is 13.8 Å². The molecule has 2 rings (SSSR count). The van der Waals surface area contributed by atoms with Gasteiger partial charge in [0.1, 0.15) is 5.75 Å². The zero-order chi connectivity index (χ0) is 17.0. The van der Waals surface area contributed by atoms with Crippen molar-refractivity contribution in [1.82, 2.24) is 0 Å². The third-order valence-corrected chi connectivity index (χ3v) is 3.73. The van der Waals surface area contributed by atoms with Gasteiger partial charge < -0.3 is 14.6 Å². The SMILES string of the molecule is COc1ccc(C=Nc2cc(C)c(O)cc2C(C)C)cc1OC. The molecule has 23 heavy (non-hydrogen) atoms. The van der Waals surface area contributed by atoms with Crippen molar-refractivity contribution in [3.05, 3.63) is 47.0 Å². The molecule has 2 aromatic rings. The van der Waals surface area contributed by atoms with Crippen molar-refractivity contribution in [3.8, 4) is 17.2 Å². The second kappa shape index (κ2) is 7.18. The summed E-state index contributed by atoms with van der Waals surface area (Å²) >= 11 is 0. The molecule has 0 saturated heterocycles. The number of methoxy groups -OCH3 is 2. The van der Waals surface area contributed by atoms with Crippen LogP contribution in [0.2, 0.25) is 0 Å². The van der Waals surface area contributed by atoms with Gasteiger partial charge in [-0.15, -0.1) is 0 Å². The Bertz CT molecular complexity index is 721. The maximum atomic E-state index is 9.90. The Balaban J connectivity index is 2.38. The standard InChI is InChI=1S/C19H23NO3/c1-12(2)15-10-17(21)13(3)8-16(15)20-11-14-6-7-18(22-4)19(9-14)23-5/h6-12,21H,1-5H3. The Morgan fingerprint density at radius 3 is 2.35 bits per heavy atom. The number of aromatic hydroxyl groups is 1. The highest BCUT2D eigenvalue weighted by Gasteiger charge is 2.09. The van der Waals surface area contributed by atoms with E-state index in [9.17, 15) is 5.11 Å². The molecule has 0 fully saturated rings. The van der Waals surface area contributed by atoms with E-state index in [-0.39, 0.29) is 5.92 Å². The van der Waals surface area contributed by atoms with Crippen molar-refractivity contribution in [1.29, 1.82) is 0 Å². The number of hydrogen-bond donors (Lipinski definition) is 1. The molecule has 2 aromatic carbocycles. The summed E-state index contributed by atoms with van der Waals surface area (Å²) in [6.45, 7) is 6.04. The van der Waals surface area contributed by atoms with Crippen LogP contribution in [0.1, 0.15) is 36.5 Å². The summed E-state index contributed by atoms with van der Waals surface area (Å²) in [4.78, 5) is 4.60. The Morgan fingerprint density at radius 2 is 1.74 bits per heavy atom. The normalized spacial score (nSPS) is 11.2. The topological polar surface area (TPSA) is 51.0 Å². The van der Waals surface area contributed by atoms with Crippen LogP contribution < -0.4 is 9.47 Å². The minimum Gasteiger partial charge on any atom is -0.508 e. The summed E-state index contributed by atoms with van der Waals surface area (Å²) < 4.78 is 10.5. The van der Waals surface area contributed by atoms with Crippen molar-refractivity contribution in [2.24, 2.45) is 4.99 Å². The summed E-state index contributed by atoms with van der Waals surface area (Å²) in [6, 6.07) is 9.35. The highest BCUT2D eigenvalue weighted by molar-refractivity contribution is 5.83. The van der Waals surface area contributed by atoms with Crippen LogP contribution in [0, 0.1) is 6.92 Å². The van der Waals surface area contributed by atoms with Gasteiger partial charge in [0.15, 0.2) is 11.5 Å². The molecule has 0 aliphatic heterocycles. The number of hydrogen-bond acceptors (Lipinski definition) is 4. The fourth-order valence-corrected chi connectivity index (χ4v) is 2.35. The molecule has 0 aromatic heterocycles. The first-order valence-corrected chi connectivity index (χ1v) is 7.55. The van der Waals surface area contributed by atoms with Crippen LogP contribution in [0.4, 0.5) is 5.69 Å². The molecular formula is C19H23NO3. The van der Waals surface area contributed by atoms with E-state index in [4.69, 9.17) is 9.47 Å². The van der Waals surface area contributed by atoms with Gasteiger partial charge in [-0.3, -0.25) is 4.99 Å². The van der Waals surface area contributed by atoms with Crippen LogP contribution in [-0.4, -0.2) is 25.5 Å². The Labute approximate surface area is 137 Å². The van der Waals surface area contributed by atoms with Gasteiger partial charge in [-0.25, -0.2) is 0 Å². The fourth-order valence-electron chi connectivity index (χ4n) is 2.35. The van der Waals surface area contributed by atoms with E-state index in [0.29, 0.717) is 17.2 Å². The molecule has 0 heterocycles. The Hall–Kier alpha value is -2.49. The van der Waals surface area contributed by atoms with Gasteiger partial charge in [-0.2, -0.15) is 0 Å². The molecule has 122 valence electrons. The van der Waals surface area contributed by atoms with Crippen molar-refractivity contribution >= 4 is 11.9 Å². The first-order valence-electron chi connectivity index (χ1n) is 7.55. The minimum absolute atomic E-state index is 0.277. The average molecular weight is 313 g/mol. The average Bonchev–Trinajstić information content (AvgIpc) is 2.54. The molecular weight excluding hydrogens is 290 g/mol. The lowest BCUT2D eigenvalue weighted by atomic mass is 9.99. The second-order valence-corrected chi connectivity index (χ2v) is 5.72. The first kappa shape index (κ1) is 16.9. The number of benzene rings is 2. The van der Waals surface area contributed by atoms with Crippen LogP contribution in [-0.2, 0) is 0 Å². The molecule has 0 saturated carbocycles. The number of aliphatic imine (C=N–C) groups is 1. The quantitative estimate of drug-likeness (QED) is 0.821. The van der Waals surface area contributed by atoms with Crippen LogP contribution in [0.3, 0.4) is 0 Å². The van der Waals surface area contributed by atoms with E-state index in [1.165, 1.54) is 0 Å². The summed E-state index contributed by atoms with van der Waals surface area (Å²) in [5.74, 6) is 1.94. The highest BCUT2D eigenvalue weighted by Crippen LogP contribution is 2.33. The van der Waals surface area contributed by atoms with Gasteiger partial charge in [0.05, 0.1) is 19.9 Å². The summed E-state index contributed by atoms with van der Waals surface area (Å²) in [6.07, 6.45) is 1.79. The van der Waals surface area contributed by atoms with Crippen LogP contribution in [0.5, 0.6) is 17.2 Å². The van der Waals surface area contributed by atoms with E-state index in [1.807, 2.05) is 31.2 Å². The van der Waals surface area contributed by atoms with E-state index in [2.05, 4.69) is 18.8 Å². The zero-order valence-corrected chi connectivity index (χ0v) is 14.3. The van der Waals surface area contributed by atoms with Crippen molar-refractivity contribution in [3.63, 3.8) is 0 Å². The highest BCUT2D eigenvalue weighted by atomic mass is 16.5. The monoisotopic (exact) mass is 313 g/mol. The van der Waals surface area contributed by atoms with Gasteiger partial charge in [0, 0.05) is 6.21 Å². The fraction of sp³-hybridized carbons (Fsp3) is 0.316. The van der Waals surface area contributed by atoms with Gasteiger partial charge in [-0.05, 0) is 59.9 Å². The molecule has 0 aliphatic carbocycles. The van der Waals surface area contributed by atoms with Crippen LogP contribution in [0.25, 0.3) is 0 Å². The Morgan fingerprint density at radius 1 is 1.04 bits per heavy atom. The molecule has 0 amide bonds. The summed E-state index contributed by atoms with van der Waals surface area (Å²) in [5, 5.41) is 9.90. The molecule has 0 spiro atoms. The molecule has 4 nitrogen and oxygen atoms in total. The van der Waals surface area contributed by atoms with E-state index >= 15 is 0 Å². The number of nitrogens with zero attached hydrogens (tertiary/aromatic N) is 1. The smallest absolute Gasteiger partial charge is 0.161 e. The number of phenolic OH excluding ortho intramolecular Hbond substituents is 1. The Kier molecular flexibility index (Phi) is 5.27. The number of phenols is 1. The van der Waals surface area contributed by atoms with Crippen LogP contribution >= 0.6 is 0 Å². The van der Waals surface area contributed by atoms with Crippen molar-refractivity contribution < 1.29 is 14.6 Å². The van der Waals surface area contributed by atoms with Gasteiger partial charge in [0.2, 0.25) is 0 Å². The van der Waals surface area contributed by atoms with E-state index < -0.39 is 0 Å². The lowest BCUT2D eigenvalue weighted by Crippen LogP contribution is -1.93. The molecule has 0 unspecified atom stereocenters. The number of ether oxygens (including phenoxy) is 2. The van der Waals surface area contributed by atoms with Crippen molar-refractivity contribution in [2.45, 2.75) is 26.7 Å². The lowest BCUT2D eigenvalue weighted by molar-refractivity contribution is 0.355. The lowest BCUT2D eigenvalue weighted by Gasteiger charge is -2.12. The molecule has 0 atom stereocenters. The maximum absolute atomic E-state index is 9.90. The molecule has 1 N–H and O–H groups in total. The maximum Gasteiger partial charge on any atom is 0.161 e. The molecule has 4 heteroatoms. The van der Waals surface area contributed by atoms with Gasteiger partial charge in [0.25, 0.3) is 0 Å². The van der Waals surface area contributed by atoms with Crippen molar-refractivity contribution in [2.75, 3.05) is 14.2 Å². The zero-order valence-electron chi connectivity index (χ0n) is 14.3. The van der Waals surface area contributed by atoms with E-state index in [1.54, 1.807) is 26.5 Å². The predicted octanol–water partition coefficient (Wildman–Crippen LogP) is 4.59. The van der Waals surface area contributed by atoms with Crippen LogP contribution in [0.15, 0.2) is 35.3 Å². The number of rotatable bonds is 5. The largest absolute Gasteiger partial charge is 0.508 e. The van der Waals surface area contributed by atoms with Gasteiger partial charge >= 0.3 is 0 Å². The summed E-state index contributed by atoms with van der Waals surface area (Å²) in [7, 11) is 3.22.